The lowest BCUT2D eigenvalue weighted by Gasteiger charge is -2.13. The van der Waals surface area contributed by atoms with Gasteiger partial charge in [0.2, 0.25) is 5.95 Å². The summed E-state index contributed by atoms with van der Waals surface area (Å²) in [6.45, 7) is 0.635. The fourth-order valence-corrected chi connectivity index (χ4v) is 1.93. The Morgan fingerprint density at radius 1 is 1.37 bits per heavy atom. The first-order valence-corrected chi connectivity index (χ1v) is 6.04. The molecule has 0 saturated heterocycles. The molecule has 1 N–H and O–H groups in total. The van der Waals surface area contributed by atoms with Gasteiger partial charge in [-0.2, -0.15) is 5.26 Å². The van der Waals surface area contributed by atoms with Crippen LogP contribution in [0.4, 0.5) is 11.6 Å². The molecule has 0 aliphatic rings. The molecule has 0 unspecified atom stereocenters. The van der Waals surface area contributed by atoms with Gasteiger partial charge in [0.1, 0.15) is 6.07 Å². The predicted molar refractivity (Wildman–Crippen MR) is 76.0 cm³/mol. The summed E-state index contributed by atoms with van der Waals surface area (Å²) in [5.74, 6) is 0.908. The van der Waals surface area contributed by atoms with Gasteiger partial charge in [0, 0.05) is 21.1 Å². The van der Waals surface area contributed by atoms with Crippen molar-refractivity contribution in [1.82, 2.24) is 9.55 Å². The van der Waals surface area contributed by atoms with Gasteiger partial charge < -0.3 is 14.8 Å². The van der Waals surface area contributed by atoms with Gasteiger partial charge in [-0.1, -0.05) is 12.1 Å². The van der Waals surface area contributed by atoms with Crippen LogP contribution in [0, 0.1) is 11.3 Å². The van der Waals surface area contributed by atoms with Crippen LogP contribution in [0.3, 0.4) is 0 Å². The molecule has 0 atom stereocenters. The van der Waals surface area contributed by atoms with Crippen LogP contribution in [0.2, 0.25) is 0 Å². The molecule has 0 radical (unpaired) electrons. The maximum absolute atomic E-state index is 9.03. The van der Waals surface area contributed by atoms with E-state index in [1.807, 2.05) is 55.0 Å². The molecule has 1 aromatic heterocycles. The highest BCUT2D eigenvalue weighted by molar-refractivity contribution is 5.57. The number of benzene rings is 1. The Bertz CT molecular complexity index is 607. The smallest absolute Gasteiger partial charge is 0.204 e. The zero-order valence-corrected chi connectivity index (χ0v) is 11.4. The average Bonchev–Trinajstić information content (AvgIpc) is 2.78. The Hall–Kier alpha value is -2.48. The van der Waals surface area contributed by atoms with Gasteiger partial charge in [-0.3, -0.25) is 0 Å². The van der Waals surface area contributed by atoms with E-state index in [9.17, 15) is 0 Å². The van der Waals surface area contributed by atoms with Crippen LogP contribution in [0.25, 0.3) is 0 Å². The van der Waals surface area contributed by atoms with E-state index >= 15 is 0 Å². The van der Waals surface area contributed by atoms with Gasteiger partial charge >= 0.3 is 0 Å². The van der Waals surface area contributed by atoms with Crippen LogP contribution in [-0.4, -0.2) is 23.6 Å². The van der Waals surface area contributed by atoms with E-state index in [2.05, 4.69) is 16.4 Å². The Balaban J connectivity index is 2.13. The minimum absolute atomic E-state index is 0.635. The molecule has 0 fully saturated rings. The van der Waals surface area contributed by atoms with E-state index in [1.54, 1.807) is 6.07 Å². The number of hydrogen-bond donors (Lipinski definition) is 1. The number of rotatable bonds is 4. The third-order valence-electron chi connectivity index (χ3n) is 2.97. The summed E-state index contributed by atoms with van der Waals surface area (Å²) in [6.07, 6.45) is 1.84. The Morgan fingerprint density at radius 2 is 2.11 bits per heavy atom. The zero-order valence-electron chi connectivity index (χ0n) is 11.4. The molecule has 0 spiro atoms. The third-order valence-corrected chi connectivity index (χ3v) is 2.97. The average molecular weight is 255 g/mol. The molecule has 1 heterocycles. The molecule has 0 aliphatic heterocycles. The number of aromatic nitrogens is 2. The fraction of sp³-hybridized carbons (Fsp3) is 0.286. The standard InChI is InChI=1S/C14H17N5/c1-18(2)14-17-10-12(19(14)3)9-16-13-7-5-4-6-11(13)8-15/h4-7,10,16H,9H2,1-3H3. The molecular formula is C14H17N5. The summed E-state index contributed by atoms with van der Waals surface area (Å²) in [5.41, 5.74) is 2.56. The molecule has 19 heavy (non-hydrogen) atoms. The van der Waals surface area contributed by atoms with Crippen LogP contribution in [0.1, 0.15) is 11.3 Å². The van der Waals surface area contributed by atoms with Gasteiger partial charge in [-0.15, -0.1) is 0 Å². The third kappa shape index (κ3) is 2.68. The molecule has 5 heteroatoms. The largest absolute Gasteiger partial charge is 0.378 e. The molecular weight excluding hydrogens is 238 g/mol. The maximum atomic E-state index is 9.03. The van der Waals surface area contributed by atoms with Crippen molar-refractivity contribution >= 4 is 11.6 Å². The lowest BCUT2D eigenvalue weighted by atomic mass is 10.2. The monoisotopic (exact) mass is 255 g/mol. The van der Waals surface area contributed by atoms with Crippen molar-refractivity contribution in [3.8, 4) is 6.07 Å². The van der Waals surface area contributed by atoms with E-state index in [-0.39, 0.29) is 0 Å². The van der Waals surface area contributed by atoms with Crippen molar-refractivity contribution in [3.05, 3.63) is 41.7 Å². The highest BCUT2D eigenvalue weighted by Crippen LogP contribution is 2.16. The molecule has 98 valence electrons. The number of nitriles is 1. The van der Waals surface area contributed by atoms with Gasteiger partial charge in [0.25, 0.3) is 0 Å². The number of nitrogens with zero attached hydrogens (tertiary/aromatic N) is 4. The van der Waals surface area contributed by atoms with Crippen molar-refractivity contribution in [3.63, 3.8) is 0 Å². The second-order valence-corrected chi connectivity index (χ2v) is 4.51. The van der Waals surface area contributed by atoms with Gasteiger partial charge in [0.05, 0.1) is 29.7 Å². The first-order valence-electron chi connectivity index (χ1n) is 6.04. The highest BCUT2D eigenvalue weighted by Gasteiger charge is 2.08. The van der Waals surface area contributed by atoms with Crippen LogP contribution in [-0.2, 0) is 13.6 Å². The normalized spacial score (nSPS) is 10.0. The molecule has 5 nitrogen and oxygen atoms in total. The van der Waals surface area contributed by atoms with E-state index < -0.39 is 0 Å². The van der Waals surface area contributed by atoms with Crippen LogP contribution in [0.15, 0.2) is 30.5 Å². The number of imidazole rings is 1. The number of anilines is 2. The van der Waals surface area contributed by atoms with Crippen molar-refractivity contribution in [2.24, 2.45) is 7.05 Å². The zero-order chi connectivity index (χ0) is 13.8. The molecule has 0 aliphatic carbocycles. The minimum atomic E-state index is 0.635. The van der Waals surface area contributed by atoms with E-state index in [0.29, 0.717) is 12.1 Å². The number of hydrogen-bond acceptors (Lipinski definition) is 4. The molecule has 0 bridgehead atoms. The van der Waals surface area contributed by atoms with E-state index in [1.165, 1.54) is 0 Å². The Morgan fingerprint density at radius 3 is 2.74 bits per heavy atom. The number of para-hydroxylation sites is 1. The van der Waals surface area contributed by atoms with Gasteiger partial charge in [-0.05, 0) is 12.1 Å². The van der Waals surface area contributed by atoms with Crippen molar-refractivity contribution in [1.29, 1.82) is 5.26 Å². The van der Waals surface area contributed by atoms with E-state index in [4.69, 9.17) is 5.26 Å². The molecule has 0 saturated carbocycles. The summed E-state index contributed by atoms with van der Waals surface area (Å²) in [5, 5.41) is 12.3. The minimum Gasteiger partial charge on any atom is -0.378 e. The summed E-state index contributed by atoms with van der Waals surface area (Å²) in [7, 11) is 5.91. The first kappa shape index (κ1) is 13.0. The SMILES string of the molecule is CN(C)c1ncc(CNc2ccccc2C#N)n1C. The molecule has 1 aromatic carbocycles. The lowest BCUT2D eigenvalue weighted by molar-refractivity contribution is 0.814. The van der Waals surface area contributed by atoms with E-state index in [0.717, 1.165) is 17.3 Å². The van der Waals surface area contributed by atoms with Crippen LogP contribution < -0.4 is 10.2 Å². The second kappa shape index (κ2) is 5.44. The topological polar surface area (TPSA) is 56.9 Å². The van der Waals surface area contributed by atoms with Gasteiger partial charge in [-0.25, -0.2) is 4.98 Å². The van der Waals surface area contributed by atoms with Crippen molar-refractivity contribution in [2.45, 2.75) is 6.54 Å². The second-order valence-electron chi connectivity index (χ2n) is 4.51. The number of nitrogens with one attached hydrogen (secondary N) is 1. The highest BCUT2D eigenvalue weighted by atomic mass is 15.3. The van der Waals surface area contributed by atoms with Gasteiger partial charge in [0.15, 0.2) is 0 Å². The summed E-state index contributed by atoms with van der Waals surface area (Å²) in [6, 6.07) is 9.66. The van der Waals surface area contributed by atoms with Crippen LogP contribution >= 0.6 is 0 Å². The summed E-state index contributed by atoms with van der Waals surface area (Å²) in [4.78, 5) is 6.32. The first-order chi connectivity index (χ1) is 9.13. The molecule has 2 aromatic rings. The van der Waals surface area contributed by atoms with Crippen molar-refractivity contribution < 1.29 is 0 Å². The maximum Gasteiger partial charge on any atom is 0.204 e. The Labute approximate surface area is 113 Å². The molecule has 0 amide bonds. The summed E-state index contributed by atoms with van der Waals surface area (Å²) >= 11 is 0. The lowest BCUT2D eigenvalue weighted by Crippen LogP contribution is -2.15. The molecule has 2 rings (SSSR count). The van der Waals surface area contributed by atoms with Crippen molar-refractivity contribution in [2.75, 3.05) is 24.3 Å². The van der Waals surface area contributed by atoms with Crippen LogP contribution in [0.5, 0.6) is 0 Å². The summed E-state index contributed by atoms with van der Waals surface area (Å²) < 4.78 is 2.03. The Kier molecular flexibility index (Phi) is 3.71. The fourth-order valence-electron chi connectivity index (χ4n) is 1.93. The quantitative estimate of drug-likeness (QED) is 0.907. The predicted octanol–water partition coefficient (Wildman–Crippen LogP) is 1.97.